The smallest absolute Gasteiger partial charge is 0.211 e. The van der Waals surface area contributed by atoms with Crippen LogP contribution in [0.2, 0.25) is 0 Å². The number of fused-ring (bicyclic) bond motifs is 1. The topological polar surface area (TPSA) is 131 Å². The van der Waals surface area contributed by atoms with Gasteiger partial charge < -0.3 is 14.9 Å². The van der Waals surface area contributed by atoms with Crippen LogP contribution in [0, 0.1) is 17.1 Å². The molecule has 4 heterocycles. The molecule has 1 N–H and O–H groups in total. The molecule has 14 heteroatoms. The van der Waals surface area contributed by atoms with Gasteiger partial charge in [0.15, 0.2) is 16.6 Å². The lowest BCUT2D eigenvalue weighted by molar-refractivity contribution is 0.176. The Bertz CT molecular complexity index is 1660. The highest BCUT2D eigenvalue weighted by Crippen LogP contribution is 2.37. The van der Waals surface area contributed by atoms with E-state index in [0.717, 1.165) is 11.9 Å². The van der Waals surface area contributed by atoms with Crippen LogP contribution in [0.5, 0.6) is 0 Å². The first-order valence-electron chi connectivity index (χ1n) is 12.3. The first-order valence-corrected chi connectivity index (χ1v) is 14.9. The average molecular weight is 571 g/mol. The van der Waals surface area contributed by atoms with E-state index in [1.165, 1.54) is 27.8 Å². The van der Waals surface area contributed by atoms with Crippen LogP contribution in [0.15, 0.2) is 36.4 Å². The monoisotopic (exact) mass is 570 g/mol. The van der Waals surface area contributed by atoms with Crippen molar-refractivity contribution in [3.8, 4) is 17.3 Å². The second-order valence-corrected chi connectivity index (χ2v) is 12.1. The molecule has 5 rings (SSSR count). The summed E-state index contributed by atoms with van der Waals surface area (Å²) < 4.78 is 40.8. The lowest BCUT2D eigenvalue weighted by atomic mass is 10.1. The molecule has 1 saturated heterocycles. The third kappa shape index (κ3) is 5.06. The van der Waals surface area contributed by atoms with Crippen molar-refractivity contribution in [2.24, 2.45) is 0 Å². The fourth-order valence-electron chi connectivity index (χ4n) is 4.75. The van der Waals surface area contributed by atoms with Gasteiger partial charge in [-0.25, -0.2) is 22.8 Å². The third-order valence-electron chi connectivity index (χ3n) is 6.67. The van der Waals surface area contributed by atoms with E-state index in [2.05, 4.69) is 6.07 Å². The number of halogens is 1. The summed E-state index contributed by atoms with van der Waals surface area (Å²) in [6.07, 6.45) is 1.77. The third-order valence-corrected chi connectivity index (χ3v) is 9.04. The number of thiazole rings is 1. The van der Waals surface area contributed by atoms with Crippen LogP contribution in [-0.2, 0) is 16.4 Å². The van der Waals surface area contributed by atoms with Crippen molar-refractivity contribution in [2.75, 3.05) is 49.3 Å². The van der Waals surface area contributed by atoms with Gasteiger partial charge in [0.25, 0.3) is 0 Å². The van der Waals surface area contributed by atoms with Crippen molar-refractivity contribution >= 4 is 43.8 Å². The largest absolute Gasteiger partial charge is 0.395 e. The van der Waals surface area contributed by atoms with E-state index in [9.17, 15) is 23.2 Å². The van der Waals surface area contributed by atoms with E-state index in [4.69, 9.17) is 15.1 Å². The molecule has 3 aromatic heterocycles. The first-order chi connectivity index (χ1) is 18.6. The molecule has 0 radical (unpaired) electrons. The number of piperazine rings is 1. The van der Waals surface area contributed by atoms with E-state index < -0.39 is 16.1 Å². The second-order valence-electron chi connectivity index (χ2n) is 9.21. The molecule has 1 unspecified atom stereocenters. The standard InChI is InChI=1S/C25H27FN8O3S2/c1-4-19-24(31(2)25-29-23(20(13-27)38-25)16-5-7-17(26)8-6-16)34-21(28-19)9-10-22(30-34)32-11-12-33(39(3,36)37)18(14-32)15-35/h5-10,18,35H,4,11-12,14-15H2,1-3H3. The van der Waals surface area contributed by atoms with Crippen molar-refractivity contribution < 1.29 is 17.9 Å². The summed E-state index contributed by atoms with van der Waals surface area (Å²) in [6.45, 7) is 2.64. The number of rotatable bonds is 7. The highest BCUT2D eigenvalue weighted by molar-refractivity contribution is 7.88. The molecule has 39 heavy (non-hydrogen) atoms. The Kier molecular flexibility index (Phi) is 7.25. The number of aliphatic hydroxyl groups excluding tert-OH is 1. The van der Waals surface area contributed by atoms with Crippen LogP contribution in [0.25, 0.3) is 16.9 Å². The Morgan fingerprint density at radius 1 is 1.21 bits per heavy atom. The van der Waals surface area contributed by atoms with Crippen molar-refractivity contribution in [1.82, 2.24) is 23.9 Å². The summed E-state index contributed by atoms with van der Waals surface area (Å²) in [6, 6.07) is 11.2. The van der Waals surface area contributed by atoms with Crippen molar-refractivity contribution in [1.29, 1.82) is 5.26 Å². The van der Waals surface area contributed by atoms with Crippen molar-refractivity contribution in [2.45, 2.75) is 19.4 Å². The van der Waals surface area contributed by atoms with Crippen molar-refractivity contribution in [3.05, 3.63) is 52.8 Å². The zero-order valence-electron chi connectivity index (χ0n) is 21.6. The molecule has 0 spiro atoms. The molecule has 0 bridgehead atoms. The molecule has 204 valence electrons. The molecule has 0 saturated carbocycles. The minimum absolute atomic E-state index is 0.239. The summed E-state index contributed by atoms with van der Waals surface area (Å²) in [5.74, 6) is 0.937. The number of nitriles is 1. The molecule has 1 aliphatic rings. The van der Waals surface area contributed by atoms with Gasteiger partial charge in [-0.3, -0.25) is 0 Å². The summed E-state index contributed by atoms with van der Waals surface area (Å²) in [5.41, 5.74) is 2.53. The Balaban J connectivity index is 1.52. The normalized spacial score (nSPS) is 16.5. The van der Waals surface area contributed by atoms with E-state index in [0.29, 0.717) is 58.1 Å². The van der Waals surface area contributed by atoms with Gasteiger partial charge in [0, 0.05) is 32.2 Å². The quantitative estimate of drug-likeness (QED) is 0.356. The zero-order valence-corrected chi connectivity index (χ0v) is 23.2. The van der Waals surface area contributed by atoms with Crippen LogP contribution < -0.4 is 9.80 Å². The first kappa shape index (κ1) is 26.9. The van der Waals surface area contributed by atoms with E-state index in [-0.39, 0.29) is 19.0 Å². The van der Waals surface area contributed by atoms with Gasteiger partial charge >= 0.3 is 0 Å². The maximum Gasteiger partial charge on any atom is 0.211 e. The number of aryl methyl sites for hydroxylation is 1. The van der Waals surface area contributed by atoms with Crippen molar-refractivity contribution in [3.63, 3.8) is 0 Å². The fourth-order valence-corrected chi connectivity index (χ4v) is 6.69. The lowest BCUT2D eigenvalue weighted by Gasteiger charge is -2.39. The Morgan fingerprint density at radius 3 is 2.59 bits per heavy atom. The Hall–Kier alpha value is -3.64. The van der Waals surface area contributed by atoms with Crippen LogP contribution >= 0.6 is 11.3 Å². The van der Waals surface area contributed by atoms with Gasteiger partial charge in [-0.2, -0.15) is 14.1 Å². The van der Waals surface area contributed by atoms with Crippen LogP contribution in [0.4, 0.5) is 21.2 Å². The number of aromatic nitrogens is 4. The predicted molar refractivity (Wildman–Crippen MR) is 147 cm³/mol. The van der Waals surface area contributed by atoms with E-state index in [1.807, 2.05) is 35.9 Å². The molecule has 1 atom stereocenters. The van der Waals surface area contributed by atoms with Gasteiger partial charge in [-0.05, 0) is 42.8 Å². The number of nitrogens with zero attached hydrogens (tertiary/aromatic N) is 8. The number of hydrogen-bond donors (Lipinski definition) is 1. The summed E-state index contributed by atoms with van der Waals surface area (Å²) in [4.78, 5) is 13.6. The van der Waals surface area contributed by atoms with Gasteiger partial charge in [-0.15, -0.1) is 5.10 Å². The zero-order chi connectivity index (χ0) is 27.9. The number of sulfonamides is 1. The molecule has 4 aromatic rings. The van der Waals surface area contributed by atoms with E-state index in [1.54, 1.807) is 16.6 Å². The number of benzene rings is 1. The summed E-state index contributed by atoms with van der Waals surface area (Å²) in [7, 11) is -1.61. The maximum absolute atomic E-state index is 13.5. The average Bonchev–Trinajstić information content (AvgIpc) is 3.53. The number of hydrogen-bond acceptors (Lipinski definition) is 10. The highest BCUT2D eigenvalue weighted by Gasteiger charge is 2.33. The lowest BCUT2D eigenvalue weighted by Crippen LogP contribution is -2.56. The molecule has 1 aliphatic heterocycles. The molecule has 1 fully saturated rings. The molecule has 1 aromatic carbocycles. The second kappa shape index (κ2) is 10.5. The predicted octanol–water partition coefficient (Wildman–Crippen LogP) is 2.64. The molecular weight excluding hydrogens is 543 g/mol. The van der Waals surface area contributed by atoms with Gasteiger partial charge in [0.1, 0.15) is 28.3 Å². The highest BCUT2D eigenvalue weighted by atomic mass is 32.2. The Labute approximate surface area is 229 Å². The number of aliphatic hydroxyl groups is 1. The van der Waals surface area contributed by atoms with Gasteiger partial charge in [0.05, 0.1) is 24.6 Å². The minimum atomic E-state index is -3.45. The molecule has 0 aliphatic carbocycles. The molecule has 11 nitrogen and oxygen atoms in total. The molecular formula is C25H27FN8O3S2. The number of anilines is 3. The summed E-state index contributed by atoms with van der Waals surface area (Å²) in [5, 5.41) is 25.0. The maximum atomic E-state index is 13.5. The van der Waals surface area contributed by atoms with Crippen LogP contribution in [-0.4, -0.2) is 83.0 Å². The SMILES string of the molecule is CCc1nc2ccc(N3CCN(S(C)(=O)=O)C(CO)C3)nn2c1N(C)c1nc(-c2ccc(F)cc2)c(C#N)s1. The molecule has 0 amide bonds. The van der Waals surface area contributed by atoms with Gasteiger partial charge in [-0.1, -0.05) is 18.3 Å². The van der Waals surface area contributed by atoms with Crippen LogP contribution in [0.3, 0.4) is 0 Å². The van der Waals surface area contributed by atoms with Gasteiger partial charge in [0.2, 0.25) is 10.0 Å². The summed E-state index contributed by atoms with van der Waals surface area (Å²) >= 11 is 1.22. The van der Waals surface area contributed by atoms with E-state index >= 15 is 0 Å². The van der Waals surface area contributed by atoms with Crippen LogP contribution in [0.1, 0.15) is 17.5 Å². The Morgan fingerprint density at radius 2 is 1.95 bits per heavy atom. The minimum Gasteiger partial charge on any atom is -0.395 e. The fraction of sp³-hybridized carbons (Fsp3) is 0.360. The number of imidazole rings is 1.